The first kappa shape index (κ1) is 20.4. The number of hydrogen-bond acceptors (Lipinski definition) is 5. The lowest BCUT2D eigenvalue weighted by Gasteiger charge is -2.18. The molecule has 1 aromatic heterocycles. The van der Waals surface area contributed by atoms with Gasteiger partial charge in [0.15, 0.2) is 0 Å². The summed E-state index contributed by atoms with van der Waals surface area (Å²) in [5, 5.41) is 4.75. The normalized spacial score (nSPS) is 12.7. The Morgan fingerprint density at radius 3 is 2.64 bits per heavy atom. The molecule has 1 aromatic carbocycles. The average molecular weight is 463 g/mol. The highest BCUT2D eigenvalue weighted by atomic mass is 79.9. The first-order chi connectivity index (χ1) is 11.9. The van der Waals surface area contributed by atoms with Crippen molar-refractivity contribution in [2.75, 3.05) is 12.0 Å². The van der Waals surface area contributed by atoms with Gasteiger partial charge >= 0.3 is 0 Å². The fourth-order valence-electron chi connectivity index (χ4n) is 2.08. The van der Waals surface area contributed by atoms with Crippen LogP contribution in [-0.2, 0) is 21.4 Å². The predicted molar refractivity (Wildman–Crippen MR) is 107 cm³/mol. The van der Waals surface area contributed by atoms with Crippen LogP contribution in [0.5, 0.6) is 0 Å². The standard InChI is InChI=1S/C16H19BrN2O3S3/c1-23-8-7-15(16(20)18-10-13-9-12(17)11-24-13)19-25(21,22)14-5-3-2-4-6-14/h2-6,9,11,15,19H,7-8,10H2,1H3,(H,18,20). The van der Waals surface area contributed by atoms with Crippen molar-refractivity contribution >= 4 is 55.0 Å². The zero-order valence-electron chi connectivity index (χ0n) is 13.6. The van der Waals surface area contributed by atoms with Crippen LogP contribution >= 0.6 is 39.0 Å². The van der Waals surface area contributed by atoms with Gasteiger partial charge in [-0.3, -0.25) is 4.79 Å². The molecule has 136 valence electrons. The highest BCUT2D eigenvalue weighted by molar-refractivity contribution is 9.10. The Bertz CT molecular complexity index is 794. The molecule has 0 bridgehead atoms. The van der Waals surface area contributed by atoms with Crippen LogP contribution in [0, 0.1) is 0 Å². The van der Waals surface area contributed by atoms with Gasteiger partial charge in [-0.25, -0.2) is 8.42 Å². The molecule has 0 fully saturated rings. The van der Waals surface area contributed by atoms with Crippen LogP contribution in [0.15, 0.2) is 51.1 Å². The zero-order chi connectivity index (χ0) is 18.3. The van der Waals surface area contributed by atoms with Crippen LogP contribution in [0.25, 0.3) is 0 Å². The van der Waals surface area contributed by atoms with E-state index >= 15 is 0 Å². The summed E-state index contributed by atoms with van der Waals surface area (Å²) in [6, 6.07) is 9.19. The van der Waals surface area contributed by atoms with E-state index in [1.54, 1.807) is 30.0 Å². The van der Waals surface area contributed by atoms with Gasteiger partial charge in [0.25, 0.3) is 0 Å². The maximum atomic E-state index is 12.5. The number of halogens is 1. The van der Waals surface area contributed by atoms with Crippen molar-refractivity contribution < 1.29 is 13.2 Å². The molecule has 9 heteroatoms. The number of rotatable bonds is 9. The molecule has 2 rings (SSSR count). The van der Waals surface area contributed by atoms with Crippen LogP contribution < -0.4 is 10.0 Å². The van der Waals surface area contributed by atoms with Crippen molar-refractivity contribution in [2.24, 2.45) is 0 Å². The number of thioether (sulfide) groups is 1. The number of hydrogen-bond donors (Lipinski definition) is 2. The molecule has 5 nitrogen and oxygen atoms in total. The molecule has 0 saturated heterocycles. The smallest absolute Gasteiger partial charge is 0.241 e. The second-order valence-corrected chi connectivity index (χ2v) is 9.83. The molecule has 2 aromatic rings. The van der Waals surface area contributed by atoms with E-state index in [0.29, 0.717) is 18.7 Å². The van der Waals surface area contributed by atoms with Gasteiger partial charge in [-0.1, -0.05) is 18.2 Å². The van der Waals surface area contributed by atoms with E-state index in [1.807, 2.05) is 17.7 Å². The molecule has 0 aliphatic heterocycles. The Morgan fingerprint density at radius 1 is 1.32 bits per heavy atom. The van der Waals surface area contributed by atoms with E-state index in [9.17, 15) is 13.2 Å². The third kappa shape index (κ3) is 6.41. The molecule has 25 heavy (non-hydrogen) atoms. The molecule has 0 saturated carbocycles. The van der Waals surface area contributed by atoms with Gasteiger partial charge in [-0.15, -0.1) is 11.3 Å². The van der Waals surface area contributed by atoms with Crippen molar-refractivity contribution in [1.82, 2.24) is 10.0 Å². The van der Waals surface area contributed by atoms with Crippen molar-refractivity contribution in [2.45, 2.75) is 23.9 Å². The van der Waals surface area contributed by atoms with Gasteiger partial charge < -0.3 is 5.32 Å². The number of sulfonamides is 1. The molecule has 1 atom stereocenters. The maximum absolute atomic E-state index is 12.5. The molecule has 0 aliphatic carbocycles. The van der Waals surface area contributed by atoms with Crippen molar-refractivity contribution in [3.63, 3.8) is 0 Å². The summed E-state index contributed by atoms with van der Waals surface area (Å²) in [4.78, 5) is 13.6. The Balaban J connectivity index is 2.05. The zero-order valence-corrected chi connectivity index (χ0v) is 17.6. The van der Waals surface area contributed by atoms with Gasteiger partial charge in [0, 0.05) is 14.7 Å². The fraction of sp³-hybridized carbons (Fsp3) is 0.312. The summed E-state index contributed by atoms with van der Waals surface area (Å²) in [7, 11) is -3.74. The van der Waals surface area contributed by atoms with E-state index in [-0.39, 0.29) is 10.8 Å². The maximum Gasteiger partial charge on any atom is 0.241 e. The topological polar surface area (TPSA) is 75.3 Å². The third-order valence-corrected chi connectivity index (χ3v) is 7.17. The number of nitrogens with one attached hydrogen (secondary N) is 2. The van der Waals surface area contributed by atoms with E-state index < -0.39 is 16.1 Å². The van der Waals surface area contributed by atoms with Crippen molar-refractivity contribution in [3.05, 3.63) is 51.1 Å². The minimum Gasteiger partial charge on any atom is -0.350 e. The molecule has 1 amide bonds. The minimum absolute atomic E-state index is 0.152. The molecular formula is C16H19BrN2O3S3. The lowest BCUT2D eigenvalue weighted by molar-refractivity contribution is -0.122. The van der Waals surface area contributed by atoms with E-state index in [0.717, 1.165) is 9.35 Å². The molecule has 0 radical (unpaired) electrons. The summed E-state index contributed by atoms with van der Waals surface area (Å²) in [6.07, 6.45) is 2.34. The van der Waals surface area contributed by atoms with Gasteiger partial charge in [-0.2, -0.15) is 16.5 Å². The first-order valence-electron chi connectivity index (χ1n) is 7.49. The highest BCUT2D eigenvalue weighted by Crippen LogP contribution is 2.19. The number of amides is 1. The quantitative estimate of drug-likeness (QED) is 0.599. The molecule has 0 aliphatic rings. The summed E-state index contributed by atoms with van der Waals surface area (Å²) in [6.45, 7) is 0.373. The lowest BCUT2D eigenvalue weighted by atomic mass is 10.2. The molecule has 2 N–H and O–H groups in total. The van der Waals surface area contributed by atoms with Crippen LogP contribution in [0.4, 0.5) is 0 Å². The van der Waals surface area contributed by atoms with Crippen molar-refractivity contribution in [1.29, 1.82) is 0 Å². The lowest BCUT2D eigenvalue weighted by Crippen LogP contribution is -2.46. The summed E-state index contributed by atoms with van der Waals surface area (Å²) in [5.74, 6) is 0.359. The number of thiophene rings is 1. The first-order valence-corrected chi connectivity index (χ1v) is 12.0. The molecule has 0 spiro atoms. The molecule has 1 unspecified atom stereocenters. The summed E-state index contributed by atoms with van der Waals surface area (Å²) < 4.78 is 28.5. The van der Waals surface area contributed by atoms with E-state index in [2.05, 4.69) is 26.0 Å². The van der Waals surface area contributed by atoms with Crippen LogP contribution in [-0.4, -0.2) is 32.4 Å². The average Bonchev–Trinajstić information content (AvgIpc) is 3.02. The summed E-state index contributed by atoms with van der Waals surface area (Å²) in [5.41, 5.74) is 0. The minimum atomic E-state index is -3.74. The van der Waals surface area contributed by atoms with E-state index in [4.69, 9.17) is 0 Å². The largest absolute Gasteiger partial charge is 0.350 e. The Labute approximate surface area is 164 Å². The van der Waals surface area contributed by atoms with Gasteiger partial charge in [0.2, 0.25) is 15.9 Å². The van der Waals surface area contributed by atoms with Crippen LogP contribution in [0.2, 0.25) is 0 Å². The van der Waals surface area contributed by atoms with Gasteiger partial charge in [-0.05, 0) is 52.6 Å². The Hall–Kier alpha value is -0.870. The highest BCUT2D eigenvalue weighted by Gasteiger charge is 2.25. The third-order valence-electron chi connectivity index (χ3n) is 3.34. The number of carbonyl (C=O) groups is 1. The van der Waals surface area contributed by atoms with Crippen LogP contribution in [0.3, 0.4) is 0 Å². The van der Waals surface area contributed by atoms with Crippen LogP contribution in [0.1, 0.15) is 11.3 Å². The number of carbonyl (C=O) groups excluding carboxylic acids is 1. The van der Waals surface area contributed by atoms with Gasteiger partial charge in [0.1, 0.15) is 6.04 Å². The summed E-state index contributed by atoms with van der Waals surface area (Å²) >= 11 is 6.47. The fourth-order valence-corrected chi connectivity index (χ4v) is 5.19. The van der Waals surface area contributed by atoms with Gasteiger partial charge in [0.05, 0.1) is 11.4 Å². The second kappa shape index (κ2) is 9.72. The Kier molecular flexibility index (Phi) is 7.95. The molecule has 1 heterocycles. The number of benzene rings is 1. The van der Waals surface area contributed by atoms with E-state index in [1.165, 1.54) is 23.5 Å². The Morgan fingerprint density at radius 2 is 2.04 bits per heavy atom. The predicted octanol–water partition coefficient (Wildman–Crippen LogP) is 3.23. The monoisotopic (exact) mass is 462 g/mol. The SMILES string of the molecule is CSCCC(NS(=O)(=O)c1ccccc1)C(=O)NCc1cc(Br)cs1. The molecular weight excluding hydrogens is 444 g/mol. The second-order valence-electron chi connectivity index (χ2n) is 5.22. The van der Waals surface area contributed by atoms with Crippen molar-refractivity contribution in [3.8, 4) is 0 Å².